The molecule has 0 aliphatic carbocycles. The molecule has 3 aromatic rings. The van der Waals surface area contributed by atoms with Crippen LogP contribution in [0.15, 0.2) is 33.9 Å². The number of fused-ring (bicyclic) bond motifs is 1. The average Bonchev–Trinajstić information content (AvgIpc) is 3.42. The number of benzene rings is 1. The Morgan fingerprint density at radius 1 is 0.972 bits per heavy atom. The zero-order chi connectivity index (χ0) is 25.9. The Morgan fingerprint density at radius 2 is 1.64 bits per heavy atom. The molecule has 1 aromatic carbocycles. The maximum atomic E-state index is 13.5. The number of anilines is 2. The van der Waals surface area contributed by atoms with Gasteiger partial charge in [0.1, 0.15) is 0 Å². The fraction of sp³-hybridized carbons (Fsp3) is 0.409. The fourth-order valence-electron chi connectivity index (χ4n) is 4.77. The van der Waals surface area contributed by atoms with Crippen LogP contribution in [0.2, 0.25) is 0 Å². The Balaban J connectivity index is 1.34. The van der Waals surface area contributed by atoms with Crippen molar-refractivity contribution in [3.63, 3.8) is 0 Å². The fourth-order valence-corrected chi connectivity index (χ4v) is 4.77. The highest BCUT2D eigenvalue weighted by Crippen LogP contribution is 2.38. The molecule has 0 spiro atoms. The molecule has 2 saturated heterocycles. The average molecular weight is 505 g/mol. The number of nitrogens with zero attached hydrogens (tertiary/aromatic N) is 6. The second-order valence-corrected chi connectivity index (χ2v) is 8.79. The van der Waals surface area contributed by atoms with Crippen LogP contribution >= 0.6 is 0 Å². The summed E-state index contributed by atoms with van der Waals surface area (Å²) in [5, 5.41) is 0. The molecular weight excluding hydrogens is 483 g/mol. The molecule has 1 N–H and O–H groups in total. The summed E-state index contributed by atoms with van der Waals surface area (Å²) in [6.45, 7) is 1.44. The smallest absolute Gasteiger partial charge is 0.340 e. The number of rotatable bonds is 3. The van der Waals surface area contributed by atoms with Gasteiger partial charge in [-0.05, 0) is 12.1 Å². The third-order valence-corrected chi connectivity index (χ3v) is 6.71. The first-order chi connectivity index (χ1) is 17.0. The number of halogens is 3. The van der Waals surface area contributed by atoms with Crippen LogP contribution in [0.1, 0.15) is 12.0 Å². The van der Waals surface area contributed by atoms with Crippen molar-refractivity contribution < 1.29 is 22.8 Å². The second-order valence-electron chi connectivity index (χ2n) is 8.79. The van der Waals surface area contributed by atoms with Crippen LogP contribution in [0.25, 0.3) is 11.2 Å². The summed E-state index contributed by atoms with van der Waals surface area (Å²) in [6, 6.07) is 3.66. The van der Waals surface area contributed by atoms with E-state index in [1.54, 1.807) is 4.90 Å². The SMILES string of the molecule is Cn1c(=O)c2[nH]c(N3CCN(C4CC(=O)N(c5ccccc5C(F)(F)F)C4=O)CC3)nc2n(C)c1=O. The van der Waals surface area contributed by atoms with Gasteiger partial charge in [0.15, 0.2) is 11.2 Å². The van der Waals surface area contributed by atoms with Gasteiger partial charge in [0, 0.05) is 40.3 Å². The zero-order valence-electron chi connectivity index (χ0n) is 19.4. The van der Waals surface area contributed by atoms with E-state index < -0.39 is 46.5 Å². The molecule has 0 radical (unpaired) electrons. The second kappa shape index (κ2) is 8.33. The number of imide groups is 1. The van der Waals surface area contributed by atoms with E-state index >= 15 is 0 Å². The van der Waals surface area contributed by atoms with Crippen LogP contribution in [0, 0.1) is 0 Å². The minimum Gasteiger partial charge on any atom is -0.340 e. The van der Waals surface area contributed by atoms with Crippen LogP contribution in [0.3, 0.4) is 0 Å². The van der Waals surface area contributed by atoms with Gasteiger partial charge in [-0.3, -0.25) is 28.4 Å². The largest absolute Gasteiger partial charge is 0.418 e. The lowest BCUT2D eigenvalue weighted by Gasteiger charge is -2.36. The van der Waals surface area contributed by atoms with E-state index in [0.717, 1.165) is 16.7 Å². The Kier molecular flexibility index (Phi) is 5.50. The van der Waals surface area contributed by atoms with Crippen molar-refractivity contribution >= 4 is 34.6 Å². The molecule has 11 nitrogen and oxygen atoms in total. The summed E-state index contributed by atoms with van der Waals surface area (Å²) in [6.07, 6.45) is -4.92. The lowest BCUT2D eigenvalue weighted by Crippen LogP contribution is -2.53. The van der Waals surface area contributed by atoms with Crippen molar-refractivity contribution in [1.82, 2.24) is 24.0 Å². The van der Waals surface area contributed by atoms with E-state index in [9.17, 15) is 32.3 Å². The maximum absolute atomic E-state index is 13.5. The first-order valence-corrected chi connectivity index (χ1v) is 11.2. The number of carbonyl (C=O) groups is 2. The van der Waals surface area contributed by atoms with Crippen molar-refractivity contribution in [2.75, 3.05) is 36.0 Å². The highest BCUT2D eigenvalue weighted by molar-refractivity contribution is 6.22. The number of aryl methyl sites for hydroxylation is 1. The number of piperazine rings is 1. The predicted octanol–water partition coefficient (Wildman–Crippen LogP) is 0.433. The normalized spacial score (nSPS) is 19.6. The number of H-pyrrole nitrogens is 1. The van der Waals surface area contributed by atoms with E-state index in [2.05, 4.69) is 9.97 Å². The van der Waals surface area contributed by atoms with Crippen molar-refractivity contribution in [3.8, 4) is 0 Å². The molecule has 2 aliphatic rings. The van der Waals surface area contributed by atoms with Crippen LogP contribution in [-0.4, -0.2) is 68.0 Å². The van der Waals surface area contributed by atoms with E-state index in [-0.39, 0.29) is 17.6 Å². The number of amides is 2. The summed E-state index contributed by atoms with van der Waals surface area (Å²) in [7, 11) is 2.89. The minimum absolute atomic E-state index is 0.188. The molecule has 2 amide bonds. The molecular formula is C22H22F3N7O4. The van der Waals surface area contributed by atoms with Gasteiger partial charge >= 0.3 is 11.9 Å². The molecule has 36 heavy (non-hydrogen) atoms. The predicted molar refractivity (Wildman–Crippen MR) is 123 cm³/mol. The van der Waals surface area contributed by atoms with Gasteiger partial charge < -0.3 is 9.88 Å². The van der Waals surface area contributed by atoms with E-state index in [0.29, 0.717) is 37.0 Å². The summed E-state index contributed by atoms with van der Waals surface area (Å²) in [5.41, 5.74) is -2.10. The molecule has 5 rings (SSSR count). The molecule has 0 bridgehead atoms. The standard InChI is InChI=1S/C22H22F3N7O4/c1-28-17-16(19(35)29(2)21(28)36)26-20(27-17)31-9-7-30(8-10-31)14-11-15(33)32(18(14)34)13-6-4-3-5-12(13)22(23,24)25/h3-6,14H,7-11H2,1-2H3,(H,26,27). The number of imidazole rings is 1. The van der Waals surface area contributed by atoms with Crippen molar-refractivity contribution in [2.24, 2.45) is 14.1 Å². The van der Waals surface area contributed by atoms with Gasteiger partial charge in [0.2, 0.25) is 11.9 Å². The van der Waals surface area contributed by atoms with Gasteiger partial charge in [-0.25, -0.2) is 9.69 Å². The maximum Gasteiger partial charge on any atom is 0.418 e. The molecule has 2 aromatic heterocycles. The Morgan fingerprint density at radius 3 is 2.31 bits per heavy atom. The van der Waals surface area contributed by atoms with Gasteiger partial charge in [0.05, 0.1) is 23.7 Å². The number of carbonyl (C=O) groups excluding carboxylic acids is 2. The number of nitrogens with one attached hydrogen (secondary N) is 1. The lowest BCUT2D eigenvalue weighted by atomic mass is 10.1. The first-order valence-electron chi connectivity index (χ1n) is 11.2. The monoisotopic (exact) mass is 505 g/mol. The van der Waals surface area contributed by atoms with Gasteiger partial charge in [0.25, 0.3) is 11.5 Å². The molecule has 0 saturated carbocycles. The summed E-state index contributed by atoms with van der Waals surface area (Å²) in [4.78, 5) is 61.9. The van der Waals surface area contributed by atoms with Crippen LogP contribution in [0.4, 0.5) is 24.8 Å². The number of para-hydroxylation sites is 1. The van der Waals surface area contributed by atoms with Crippen molar-refractivity contribution in [3.05, 3.63) is 50.7 Å². The summed E-state index contributed by atoms with van der Waals surface area (Å²) >= 11 is 0. The molecule has 190 valence electrons. The van der Waals surface area contributed by atoms with Crippen LogP contribution < -0.4 is 21.0 Å². The molecule has 1 unspecified atom stereocenters. The highest BCUT2D eigenvalue weighted by atomic mass is 19.4. The number of hydrogen-bond donors (Lipinski definition) is 1. The Hall–Kier alpha value is -3.94. The third kappa shape index (κ3) is 3.68. The first kappa shape index (κ1) is 23.8. The van der Waals surface area contributed by atoms with Crippen molar-refractivity contribution in [2.45, 2.75) is 18.6 Å². The number of aromatic nitrogens is 4. The van der Waals surface area contributed by atoms with E-state index in [1.165, 1.54) is 30.8 Å². The number of aromatic amines is 1. The minimum atomic E-state index is -4.71. The van der Waals surface area contributed by atoms with Gasteiger partial charge in [-0.15, -0.1) is 0 Å². The number of alkyl halides is 3. The zero-order valence-corrected chi connectivity index (χ0v) is 19.4. The van der Waals surface area contributed by atoms with Crippen LogP contribution in [0.5, 0.6) is 0 Å². The summed E-state index contributed by atoms with van der Waals surface area (Å²) in [5.74, 6) is -0.983. The molecule has 14 heteroatoms. The Bertz CT molecular complexity index is 1500. The third-order valence-electron chi connectivity index (χ3n) is 6.71. The Labute approximate surface area is 201 Å². The van der Waals surface area contributed by atoms with Crippen LogP contribution in [-0.2, 0) is 29.9 Å². The molecule has 1 atom stereocenters. The molecule has 2 aliphatic heterocycles. The van der Waals surface area contributed by atoms with E-state index in [4.69, 9.17) is 0 Å². The molecule has 2 fully saturated rings. The summed E-state index contributed by atoms with van der Waals surface area (Å²) < 4.78 is 42.7. The number of hydrogen-bond acceptors (Lipinski definition) is 7. The topological polar surface area (TPSA) is 117 Å². The quantitative estimate of drug-likeness (QED) is 0.514. The van der Waals surface area contributed by atoms with E-state index in [1.807, 2.05) is 4.90 Å². The molecule has 4 heterocycles. The highest BCUT2D eigenvalue weighted by Gasteiger charge is 2.46. The van der Waals surface area contributed by atoms with Gasteiger partial charge in [-0.2, -0.15) is 18.2 Å². The van der Waals surface area contributed by atoms with Crippen molar-refractivity contribution in [1.29, 1.82) is 0 Å². The lowest BCUT2D eigenvalue weighted by molar-refractivity contribution is -0.137. The van der Waals surface area contributed by atoms with Gasteiger partial charge in [-0.1, -0.05) is 12.1 Å².